The van der Waals surface area contributed by atoms with Crippen molar-refractivity contribution in [1.82, 2.24) is 15.0 Å². The van der Waals surface area contributed by atoms with Crippen molar-refractivity contribution in [2.75, 3.05) is 13.2 Å². The Morgan fingerprint density at radius 3 is 3.00 bits per heavy atom. The number of rotatable bonds is 5. The van der Waals surface area contributed by atoms with Crippen molar-refractivity contribution < 1.29 is 19.2 Å². The highest BCUT2D eigenvalue weighted by Gasteiger charge is 2.38. The third-order valence-corrected chi connectivity index (χ3v) is 4.24. The van der Waals surface area contributed by atoms with E-state index < -0.39 is 12.1 Å². The summed E-state index contributed by atoms with van der Waals surface area (Å²) in [7, 11) is 0. The molecule has 1 aliphatic rings. The molecule has 2 heterocycles. The lowest BCUT2D eigenvalue weighted by Gasteiger charge is -2.21. The number of hydrogen-bond donors (Lipinski definition) is 1. The first-order chi connectivity index (χ1) is 11.5. The van der Waals surface area contributed by atoms with E-state index in [1.165, 1.54) is 4.90 Å². The van der Waals surface area contributed by atoms with Crippen molar-refractivity contribution in [2.24, 2.45) is 0 Å². The van der Waals surface area contributed by atoms with Gasteiger partial charge in [-0.25, -0.2) is 0 Å². The van der Waals surface area contributed by atoms with Gasteiger partial charge in [0, 0.05) is 18.0 Å². The van der Waals surface area contributed by atoms with E-state index in [1.807, 2.05) is 18.2 Å². The molecule has 1 saturated heterocycles. The maximum absolute atomic E-state index is 12.4. The van der Waals surface area contributed by atoms with Crippen LogP contribution in [0, 0.1) is 6.92 Å². The number of ether oxygens (including phenoxy) is 1. The summed E-state index contributed by atoms with van der Waals surface area (Å²) in [6.45, 7) is 2.06. The molecule has 1 amide bonds. The van der Waals surface area contributed by atoms with Crippen molar-refractivity contribution >= 4 is 17.5 Å². The smallest absolute Gasteiger partial charge is 0.249 e. The molecule has 0 unspecified atom stereocenters. The van der Waals surface area contributed by atoms with E-state index in [0.29, 0.717) is 23.2 Å². The van der Waals surface area contributed by atoms with Gasteiger partial charge in [0.25, 0.3) is 0 Å². The minimum Gasteiger partial charge on any atom is -0.391 e. The molecule has 0 bridgehead atoms. The second-order valence-electron chi connectivity index (χ2n) is 5.72. The molecular formula is C16H18ClN3O4. The molecule has 2 atom stereocenters. The van der Waals surface area contributed by atoms with Crippen LogP contribution in [0.2, 0.25) is 5.02 Å². The SMILES string of the molecule is Cc1noc([C@H]2C[C@@H](O)CN2C(=O)COCc2ccccc2Cl)n1. The van der Waals surface area contributed by atoms with Crippen molar-refractivity contribution in [3.63, 3.8) is 0 Å². The average Bonchev–Trinajstić information content (AvgIpc) is 3.15. The standard InChI is InChI=1S/C16H18ClN3O4/c1-10-18-16(24-19-10)14-6-12(21)7-20(14)15(22)9-23-8-11-4-2-3-5-13(11)17/h2-5,12,14,21H,6-9H2,1H3/t12-,14-/m1/s1. The predicted molar refractivity (Wildman–Crippen MR) is 85.2 cm³/mol. The summed E-state index contributed by atoms with van der Waals surface area (Å²) in [5, 5.41) is 14.2. The minimum absolute atomic E-state index is 0.110. The average molecular weight is 352 g/mol. The van der Waals surface area contributed by atoms with Gasteiger partial charge in [0.15, 0.2) is 5.82 Å². The molecule has 0 radical (unpaired) electrons. The molecule has 1 aromatic carbocycles. The maximum Gasteiger partial charge on any atom is 0.249 e. The Kier molecular flexibility index (Phi) is 5.13. The Bertz CT molecular complexity index is 721. The Labute approximate surface area is 144 Å². The minimum atomic E-state index is -0.616. The van der Waals surface area contributed by atoms with E-state index in [4.69, 9.17) is 20.9 Å². The number of carbonyl (C=O) groups excluding carboxylic acids is 1. The first-order valence-corrected chi connectivity index (χ1v) is 8.01. The molecule has 8 heteroatoms. The molecule has 1 fully saturated rings. The zero-order valence-corrected chi connectivity index (χ0v) is 13.9. The van der Waals surface area contributed by atoms with Crippen LogP contribution in [0.5, 0.6) is 0 Å². The number of nitrogens with zero attached hydrogens (tertiary/aromatic N) is 3. The van der Waals surface area contributed by atoms with Crippen LogP contribution in [0.3, 0.4) is 0 Å². The molecule has 2 aromatic rings. The van der Waals surface area contributed by atoms with Gasteiger partial charge in [-0.2, -0.15) is 4.98 Å². The molecule has 24 heavy (non-hydrogen) atoms. The van der Waals surface area contributed by atoms with Crippen molar-refractivity contribution in [3.8, 4) is 0 Å². The molecule has 0 aliphatic carbocycles. The Morgan fingerprint density at radius 2 is 2.29 bits per heavy atom. The lowest BCUT2D eigenvalue weighted by molar-refractivity contribution is -0.138. The predicted octanol–water partition coefficient (Wildman–Crippen LogP) is 1.88. The molecule has 1 aromatic heterocycles. The number of amides is 1. The number of likely N-dealkylation sites (tertiary alicyclic amines) is 1. The number of aryl methyl sites for hydroxylation is 1. The third-order valence-electron chi connectivity index (χ3n) is 3.87. The summed E-state index contributed by atoms with van der Waals surface area (Å²) in [6.07, 6.45) is -0.243. The van der Waals surface area contributed by atoms with E-state index in [0.717, 1.165) is 5.56 Å². The van der Waals surface area contributed by atoms with Crippen LogP contribution in [-0.4, -0.2) is 45.3 Å². The maximum atomic E-state index is 12.4. The first kappa shape index (κ1) is 16.9. The van der Waals surface area contributed by atoms with Crippen LogP contribution in [0.15, 0.2) is 28.8 Å². The molecule has 0 saturated carbocycles. The Balaban J connectivity index is 1.60. The van der Waals surface area contributed by atoms with Crippen molar-refractivity contribution in [2.45, 2.75) is 32.1 Å². The van der Waals surface area contributed by atoms with E-state index in [2.05, 4.69) is 10.1 Å². The molecule has 1 aliphatic heterocycles. The highest BCUT2D eigenvalue weighted by Crippen LogP contribution is 2.31. The number of aliphatic hydroxyl groups is 1. The van der Waals surface area contributed by atoms with Gasteiger partial charge in [-0.1, -0.05) is 35.0 Å². The monoisotopic (exact) mass is 351 g/mol. The highest BCUT2D eigenvalue weighted by atomic mass is 35.5. The number of carbonyl (C=O) groups is 1. The van der Waals surface area contributed by atoms with Crippen LogP contribution >= 0.6 is 11.6 Å². The number of halogens is 1. The van der Waals surface area contributed by atoms with Crippen molar-refractivity contribution in [3.05, 3.63) is 46.6 Å². The van der Waals surface area contributed by atoms with E-state index in [1.54, 1.807) is 13.0 Å². The lowest BCUT2D eigenvalue weighted by Crippen LogP contribution is -2.34. The first-order valence-electron chi connectivity index (χ1n) is 7.63. The number of β-amino-alcohol motifs (C(OH)–C–C–N with tert-alkyl or cyclic N) is 1. The van der Waals surface area contributed by atoms with Crippen LogP contribution in [0.4, 0.5) is 0 Å². The Hall–Kier alpha value is -1.96. The largest absolute Gasteiger partial charge is 0.391 e. The fourth-order valence-electron chi connectivity index (χ4n) is 2.72. The van der Waals surface area contributed by atoms with Gasteiger partial charge in [-0.05, 0) is 18.6 Å². The summed E-state index contributed by atoms with van der Waals surface area (Å²) in [5.74, 6) is 0.594. The second kappa shape index (κ2) is 7.29. The molecule has 0 spiro atoms. The summed E-state index contributed by atoms with van der Waals surface area (Å²) in [6, 6.07) is 6.89. The van der Waals surface area contributed by atoms with Crippen LogP contribution in [0.1, 0.15) is 29.7 Å². The van der Waals surface area contributed by atoms with E-state index in [9.17, 15) is 9.90 Å². The summed E-state index contributed by atoms with van der Waals surface area (Å²) < 4.78 is 10.6. The quantitative estimate of drug-likeness (QED) is 0.884. The van der Waals surface area contributed by atoms with Crippen LogP contribution in [0.25, 0.3) is 0 Å². The fourth-order valence-corrected chi connectivity index (χ4v) is 2.91. The zero-order chi connectivity index (χ0) is 17.1. The lowest BCUT2D eigenvalue weighted by atomic mass is 10.2. The topological polar surface area (TPSA) is 88.7 Å². The van der Waals surface area contributed by atoms with Gasteiger partial charge in [0.05, 0.1) is 12.7 Å². The summed E-state index contributed by atoms with van der Waals surface area (Å²) in [5.41, 5.74) is 0.817. The van der Waals surface area contributed by atoms with E-state index >= 15 is 0 Å². The van der Waals surface area contributed by atoms with Gasteiger partial charge in [0.2, 0.25) is 11.8 Å². The molecular weight excluding hydrogens is 334 g/mol. The van der Waals surface area contributed by atoms with Crippen molar-refractivity contribution in [1.29, 1.82) is 0 Å². The number of aliphatic hydroxyl groups excluding tert-OH is 1. The molecule has 3 rings (SSSR count). The third kappa shape index (κ3) is 3.75. The van der Waals surface area contributed by atoms with Crippen LogP contribution < -0.4 is 0 Å². The van der Waals surface area contributed by atoms with Gasteiger partial charge < -0.3 is 19.3 Å². The number of hydrogen-bond acceptors (Lipinski definition) is 6. The molecule has 128 valence electrons. The molecule has 1 N–H and O–H groups in total. The number of benzene rings is 1. The van der Waals surface area contributed by atoms with E-state index in [-0.39, 0.29) is 25.7 Å². The number of aromatic nitrogens is 2. The Morgan fingerprint density at radius 1 is 1.50 bits per heavy atom. The zero-order valence-electron chi connectivity index (χ0n) is 13.2. The summed E-state index contributed by atoms with van der Waals surface area (Å²) >= 11 is 6.06. The normalized spacial score (nSPS) is 20.5. The van der Waals surface area contributed by atoms with Gasteiger partial charge in [-0.3, -0.25) is 4.79 Å². The van der Waals surface area contributed by atoms with Gasteiger partial charge >= 0.3 is 0 Å². The van der Waals surface area contributed by atoms with Gasteiger partial charge in [0.1, 0.15) is 12.6 Å². The van der Waals surface area contributed by atoms with Gasteiger partial charge in [-0.15, -0.1) is 0 Å². The fraction of sp³-hybridized carbons (Fsp3) is 0.438. The highest BCUT2D eigenvalue weighted by molar-refractivity contribution is 6.31. The summed E-state index contributed by atoms with van der Waals surface area (Å²) in [4.78, 5) is 18.1. The second-order valence-corrected chi connectivity index (χ2v) is 6.12. The molecule has 7 nitrogen and oxygen atoms in total. The van der Waals surface area contributed by atoms with Crippen LogP contribution in [-0.2, 0) is 16.1 Å².